The molecule has 1 aromatic carbocycles. The van der Waals surface area contributed by atoms with Crippen LogP contribution in [0.3, 0.4) is 0 Å². The van der Waals surface area contributed by atoms with E-state index in [4.69, 9.17) is 23.2 Å². The Hall–Kier alpha value is -0.780. The van der Waals surface area contributed by atoms with Crippen LogP contribution >= 0.6 is 35.8 Å². The maximum atomic E-state index is 12.1. The Morgan fingerprint density at radius 3 is 2.44 bits per heavy atom. The number of carbonyl (C=O) groups excluding carboxylic acids is 2. The second kappa shape index (κ2) is 5.52. The Morgan fingerprint density at radius 2 is 2.00 bits per heavy atom. The van der Waals surface area contributed by atoms with Gasteiger partial charge in [0, 0.05) is 5.56 Å². The van der Waals surface area contributed by atoms with Crippen LogP contribution in [0, 0.1) is 0 Å². The smallest absolute Gasteiger partial charge is 0.280 e. The van der Waals surface area contributed by atoms with Gasteiger partial charge in [0.25, 0.3) is 5.91 Å². The zero-order valence-corrected chi connectivity index (χ0v) is 10.1. The van der Waals surface area contributed by atoms with Crippen LogP contribution in [0.25, 0.3) is 0 Å². The quantitative estimate of drug-likeness (QED) is 0.508. The summed E-state index contributed by atoms with van der Waals surface area (Å²) < 4.78 is 12.1. The van der Waals surface area contributed by atoms with Crippen LogP contribution in [0.15, 0.2) is 18.2 Å². The molecular formula is C9H6Cl2FNO2S. The number of amides is 1. The molecule has 1 amide bonds. The fourth-order valence-corrected chi connectivity index (χ4v) is 1.78. The van der Waals surface area contributed by atoms with Gasteiger partial charge < -0.3 is 0 Å². The molecule has 0 atom stereocenters. The van der Waals surface area contributed by atoms with Crippen molar-refractivity contribution >= 4 is 46.9 Å². The lowest BCUT2D eigenvalue weighted by Crippen LogP contribution is -2.19. The minimum atomic E-state index is -1.08. The number of benzene rings is 1. The van der Waals surface area contributed by atoms with E-state index in [1.807, 2.05) is 0 Å². The maximum Gasteiger partial charge on any atom is 0.280 e. The number of halogens is 3. The monoisotopic (exact) mass is 281 g/mol. The van der Waals surface area contributed by atoms with Crippen molar-refractivity contribution in [3.8, 4) is 0 Å². The van der Waals surface area contributed by atoms with Gasteiger partial charge in [0.15, 0.2) is 0 Å². The van der Waals surface area contributed by atoms with E-state index in [1.165, 1.54) is 18.2 Å². The molecule has 0 unspecified atom stereocenters. The van der Waals surface area contributed by atoms with Gasteiger partial charge >= 0.3 is 0 Å². The van der Waals surface area contributed by atoms with Gasteiger partial charge in [-0.25, -0.2) is 0 Å². The number of hydrogen-bond acceptors (Lipinski definition) is 2. The first kappa shape index (κ1) is 13.3. The van der Waals surface area contributed by atoms with Crippen molar-refractivity contribution in [2.75, 3.05) is 0 Å². The third kappa shape index (κ3) is 2.66. The Kier molecular flexibility index (Phi) is 4.58. The van der Waals surface area contributed by atoms with Gasteiger partial charge in [-0.1, -0.05) is 16.6 Å². The summed E-state index contributed by atoms with van der Waals surface area (Å²) in [5.74, 6) is -1.08. The topological polar surface area (TPSA) is 46.2 Å². The molecule has 0 radical (unpaired) electrons. The standard InChI is InChI=1S/C9H6Cl2FNO2S/c10-7(11)4-2-1-3-5(9(15)16)6(4)8(14)13-12/h1-3,7H,(H,13,14)(H,15,16). The number of alkyl halides is 2. The van der Waals surface area contributed by atoms with Crippen molar-refractivity contribution in [3.05, 3.63) is 34.9 Å². The molecule has 0 aliphatic heterocycles. The van der Waals surface area contributed by atoms with Crippen LogP contribution in [0.5, 0.6) is 0 Å². The highest BCUT2D eigenvalue weighted by atomic mass is 35.5. The molecule has 0 heterocycles. The zero-order chi connectivity index (χ0) is 12.3. The van der Waals surface area contributed by atoms with Crippen LogP contribution in [0.1, 0.15) is 31.1 Å². The summed E-state index contributed by atoms with van der Waals surface area (Å²) in [6, 6.07) is 4.24. The molecule has 1 aromatic rings. The highest BCUT2D eigenvalue weighted by Crippen LogP contribution is 2.30. The number of nitrogens with one attached hydrogen (secondary N) is 1. The highest BCUT2D eigenvalue weighted by molar-refractivity contribution is 7.97. The van der Waals surface area contributed by atoms with Crippen molar-refractivity contribution in [2.45, 2.75) is 4.84 Å². The van der Waals surface area contributed by atoms with Gasteiger partial charge in [0.05, 0.1) is 5.56 Å². The molecule has 0 aliphatic rings. The SMILES string of the molecule is O=C(S)c1cccc(C(Cl)Cl)c1C(=O)NF. The van der Waals surface area contributed by atoms with Gasteiger partial charge in [0.1, 0.15) is 4.84 Å². The van der Waals surface area contributed by atoms with Crippen molar-refractivity contribution in [1.29, 1.82) is 0 Å². The van der Waals surface area contributed by atoms with Crippen LogP contribution in [0.2, 0.25) is 0 Å². The van der Waals surface area contributed by atoms with Crippen molar-refractivity contribution in [1.82, 2.24) is 5.54 Å². The van der Waals surface area contributed by atoms with Crippen molar-refractivity contribution in [3.63, 3.8) is 0 Å². The van der Waals surface area contributed by atoms with E-state index in [-0.39, 0.29) is 16.7 Å². The first-order chi connectivity index (χ1) is 7.49. The second-order valence-electron chi connectivity index (χ2n) is 2.80. The van der Waals surface area contributed by atoms with E-state index in [1.54, 1.807) is 0 Å². The largest absolute Gasteiger partial charge is 0.282 e. The number of rotatable bonds is 3. The first-order valence-corrected chi connectivity index (χ1v) is 5.36. The Bertz CT molecular complexity index is 440. The molecule has 0 aliphatic carbocycles. The summed E-state index contributed by atoms with van der Waals surface area (Å²) >= 11 is 14.8. The van der Waals surface area contributed by atoms with E-state index >= 15 is 0 Å². The number of carbonyl (C=O) groups is 2. The van der Waals surface area contributed by atoms with E-state index in [2.05, 4.69) is 12.6 Å². The lowest BCUT2D eigenvalue weighted by Gasteiger charge is -2.10. The summed E-state index contributed by atoms with van der Waals surface area (Å²) in [5.41, 5.74) is 0.819. The number of thiol groups is 1. The lowest BCUT2D eigenvalue weighted by molar-refractivity contribution is 0.0854. The fraction of sp³-hybridized carbons (Fsp3) is 0.111. The zero-order valence-electron chi connectivity index (χ0n) is 7.71. The molecule has 0 fully saturated rings. The average Bonchev–Trinajstić information content (AvgIpc) is 2.26. The van der Waals surface area contributed by atoms with Crippen LogP contribution in [-0.2, 0) is 0 Å². The Labute approximate surface area is 106 Å². The van der Waals surface area contributed by atoms with Crippen molar-refractivity contribution < 1.29 is 14.1 Å². The van der Waals surface area contributed by atoms with E-state index < -0.39 is 15.9 Å². The molecule has 1 N–H and O–H groups in total. The molecule has 7 heteroatoms. The van der Waals surface area contributed by atoms with Gasteiger partial charge in [-0.05, 0) is 11.6 Å². The molecule has 0 saturated heterocycles. The summed E-state index contributed by atoms with van der Waals surface area (Å²) in [6.45, 7) is 0. The van der Waals surface area contributed by atoms with Gasteiger partial charge in [-0.2, -0.15) is 5.54 Å². The molecule has 0 saturated carbocycles. The summed E-state index contributed by atoms with van der Waals surface area (Å²) in [5, 5.41) is -0.672. The van der Waals surface area contributed by atoms with Crippen molar-refractivity contribution in [2.24, 2.45) is 0 Å². The Balaban J connectivity index is 3.47. The maximum absolute atomic E-state index is 12.1. The normalized spacial score (nSPS) is 10.3. The summed E-state index contributed by atoms with van der Waals surface area (Å²) in [7, 11) is 0. The third-order valence-electron chi connectivity index (χ3n) is 1.88. The molecule has 1 rings (SSSR count). The fourth-order valence-electron chi connectivity index (χ4n) is 1.23. The first-order valence-electron chi connectivity index (χ1n) is 4.04. The predicted octanol–water partition coefficient (Wildman–Crippen LogP) is 2.85. The van der Waals surface area contributed by atoms with Gasteiger partial charge in [-0.3, -0.25) is 9.59 Å². The molecule has 0 bridgehead atoms. The Morgan fingerprint density at radius 1 is 1.38 bits per heavy atom. The minimum Gasteiger partial charge on any atom is -0.282 e. The third-order valence-corrected chi connectivity index (χ3v) is 2.59. The van der Waals surface area contributed by atoms with Gasteiger partial charge in [-0.15, -0.1) is 35.8 Å². The van der Waals surface area contributed by atoms with Gasteiger partial charge in [0.2, 0.25) is 5.12 Å². The second-order valence-corrected chi connectivity index (χ2v) is 4.30. The predicted molar refractivity (Wildman–Crippen MR) is 62.8 cm³/mol. The van der Waals surface area contributed by atoms with E-state index in [9.17, 15) is 14.1 Å². The molecule has 86 valence electrons. The van der Waals surface area contributed by atoms with E-state index in [0.717, 1.165) is 5.54 Å². The summed E-state index contributed by atoms with van der Waals surface area (Å²) in [4.78, 5) is 21.4. The average molecular weight is 282 g/mol. The minimum absolute atomic E-state index is 0.0534. The van der Waals surface area contributed by atoms with Crippen LogP contribution in [0.4, 0.5) is 4.48 Å². The number of hydrogen-bond donors (Lipinski definition) is 2. The molecule has 3 nitrogen and oxygen atoms in total. The van der Waals surface area contributed by atoms with E-state index in [0.29, 0.717) is 0 Å². The van der Waals surface area contributed by atoms with Crippen LogP contribution in [-0.4, -0.2) is 11.0 Å². The van der Waals surface area contributed by atoms with Crippen LogP contribution < -0.4 is 5.54 Å². The summed E-state index contributed by atoms with van der Waals surface area (Å²) in [6.07, 6.45) is 0. The molecular weight excluding hydrogens is 276 g/mol. The molecule has 0 aromatic heterocycles. The molecule has 16 heavy (non-hydrogen) atoms. The molecule has 0 spiro atoms. The lowest BCUT2D eigenvalue weighted by atomic mass is 10.0. The highest BCUT2D eigenvalue weighted by Gasteiger charge is 2.22.